The number of halogens is 2. The van der Waals surface area contributed by atoms with Crippen LogP contribution in [0.2, 0.25) is 0 Å². The number of amides is 1. The van der Waals surface area contributed by atoms with E-state index in [9.17, 15) is 13.6 Å². The molecule has 0 aliphatic carbocycles. The van der Waals surface area contributed by atoms with E-state index in [-0.39, 0.29) is 16.5 Å². The van der Waals surface area contributed by atoms with Gasteiger partial charge in [-0.15, -0.1) is 0 Å². The van der Waals surface area contributed by atoms with E-state index < -0.39 is 22.6 Å². The standard InChI is InChI=1S/C22H25F2N3O2S/c1-3-19(29-2)21(28)27-22(12-7-13-25,15-8-5-4-6-9-15)30-20(26-27)17-14-16(23)10-11-18(17)24/h4-6,8-11,14,19H,3,7,12-13,25H2,1-2H3/t19-,22+/m0/s1. The highest BCUT2D eigenvalue weighted by atomic mass is 32.2. The molecule has 0 aromatic heterocycles. The van der Waals surface area contributed by atoms with Crippen molar-refractivity contribution in [3.8, 4) is 0 Å². The first-order valence-corrected chi connectivity index (χ1v) is 10.6. The molecule has 0 saturated heterocycles. The van der Waals surface area contributed by atoms with E-state index in [1.54, 1.807) is 0 Å². The number of hydrazone groups is 1. The molecule has 0 fully saturated rings. The number of benzene rings is 2. The molecule has 2 atom stereocenters. The second kappa shape index (κ2) is 9.68. The van der Waals surface area contributed by atoms with Gasteiger partial charge >= 0.3 is 0 Å². The molecule has 8 heteroatoms. The van der Waals surface area contributed by atoms with Crippen LogP contribution in [0.4, 0.5) is 8.78 Å². The Hall–Kier alpha value is -2.29. The van der Waals surface area contributed by atoms with Crippen molar-refractivity contribution in [2.24, 2.45) is 10.8 Å². The van der Waals surface area contributed by atoms with Crippen LogP contribution in [0.25, 0.3) is 0 Å². The Morgan fingerprint density at radius 1 is 1.27 bits per heavy atom. The fourth-order valence-electron chi connectivity index (χ4n) is 3.49. The zero-order valence-corrected chi connectivity index (χ0v) is 17.8. The number of methoxy groups -OCH3 is 1. The highest BCUT2D eigenvalue weighted by molar-refractivity contribution is 8.15. The SMILES string of the molecule is CC[C@H](OC)C(=O)N1N=C(c2cc(F)ccc2F)S[C@]1(CCCN)c1ccccc1. The maximum Gasteiger partial charge on any atom is 0.273 e. The lowest BCUT2D eigenvalue weighted by atomic mass is 9.99. The Labute approximate surface area is 179 Å². The third-order valence-corrected chi connectivity index (χ3v) is 6.49. The molecule has 0 bridgehead atoms. The van der Waals surface area contributed by atoms with E-state index in [0.717, 1.165) is 23.8 Å². The van der Waals surface area contributed by atoms with Gasteiger partial charge in [-0.05, 0) is 49.6 Å². The van der Waals surface area contributed by atoms with Crippen molar-refractivity contribution in [1.82, 2.24) is 5.01 Å². The minimum Gasteiger partial charge on any atom is -0.372 e. The van der Waals surface area contributed by atoms with Gasteiger partial charge in [-0.1, -0.05) is 49.0 Å². The lowest BCUT2D eigenvalue weighted by molar-refractivity contribution is -0.146. The molecule has 3 rings (SSSR count). The zero-order chi connectivity index (χ0) is 21.7. The number of hydrogen-bond donors (Lipinski definition) is 1. The highest BCUT2D eigenvalue weighted by Crippen LogP contribution is 2.50. The lowest BCUT2D eigenvalue weighted by Gasteiger charge is -2.37. The number of rotatable bonds is 8. The molecular weight excluding hydrogens is 408 g/mol. The summed E-state index contributed by atoms with van der Waals surface area (Å²) in [6.07, 6.45) is 0.863. The van der Waals surface area contributed by atoms with Crippen molar-refractivity contribution in [3.05, 3.63) is 71.3 Å². The van der Waals surface area contributed by atoms with E-state index in [0.29, 0.717) is 25.8 Å². The molecule has 2 aromatic rings. The number of carbonyl (C=O) groups is 1. The first kappa shape index (κ1) is 22.4. The van der Waals surface area contributed by atoms with Gasteiger partial charge < -0.3 is 10.5 Å². The average Bonchev–Trinajstić information content (AvgIpc) is 3.16. The van der Waals surface area contributed by atoms with E-state index >= 15 is 0 Å². The number of thioether (sulfide) groups is 1. The summed E-state index contributed by atoms with van der Waals surface area (Å²) < 4.78 is 33.8. The molecule has 1 aliphatic rings. The van der Waals surface area contributed by atoms with Crippen molar-refractivity contribution in [1.29, 1.82) is 0 Å². The predicted molar refractivity (Wildman–Crippen MR) is 115 cm³/mol. The largest absolute Gasteiger partial charge is 0.372 e. The number of hydrogen-bond acceptors (Lipinski definition) is 5. The second-order valence-electron chi connectivity index (χ2n) is 6.96. The van der Waals surface area contributed by atoms with E-state index in [2.05, 4.69) is 5.10 Å². The molecular formula is C22H25F2N3O2S. The topological polar surface area (TPSA) is 67.9 Å². The van der Waals surface area contributed by atoms with Crippen LogP contribution < -0.4 is 5.73 Å². The molecule has 0 radical (unpaired) electrons. The maximum absolute atomic E-state index is 14.5. The van der Waals surface area contributed by atoms with Crippen LogP contribution in [0.15, 0.2) is 53.6 Å². The van der Waals surface area contributed by atoms with Crippen LogP contribution in [-0.2, 0) is 14.4 Å². The van der Waals surface area contributed by atoms with Crippen LogP contribution in [0.3, 0.4) is 0 Å². The lowest BCUT2D eigenvalue weighted by Crippen LogP contribution is -2.46. The van der Waals surface area contributed by atoms with Crippen LogP contribution >= 0.6 is 11.8 Å². The third kappa shape index (κ3) is 4.26. The van der Waals surface area contributed by atoms with Crippen molar-refractivity contribution < 1.29 is 18.3 Å². The molecule has 2 N–H and O–H groups in total. The van der Waals surface area contributed by atoms with Crippen LogP contribution in [0.1, 0.15) is 37.3 Å². The molecule has 2 aromatic carbocycles. The Kier molecular flexibility index (Phi) is 7.23. The normalized spacial score (nSPS) is 19.6. The number of carbonyl (C=O) groups excluding carboxylic acids is 1. The fraction of sp³-hybridized carbons (Fsp3) is 0.364. The summed E-state index contributed by atoms with van der Waals surface area (Å²) in [5, 5.41) is 6.11. The summed E-state index contributed by atoms with van der Waals surface area (Å²) in [4.78, 5) is 12.4. The molecule has 30 heavy (non-hydrogen) atoms. The molecule has 1 aliphatic heterocycles. The number of nitrogens with two attached hydrogens (primary N) is 1. The van der Waals surface area contributed by atoms with Gasteiger partial charge in [0.25, 0.3) is 5.91 Å². The molecule has 1 heterocycles. The monoisotopic (exact) mass is 433 g/mol. The van der Waals surface area contributed by atoms with E-state index in [1.807, 2.05) is 37.3 Å². The van der Waals surface area contributed by atoms with Crippen molar-refractivity contribution >= 4 is 22.7 Å². The van der Waals surface area contributed by atoms with E-state index in [4.69, 9.17) is 10.5 Å². The van der Waals surface area contributed by atoms with Gasteiger partial charge in [0.2, 0.25) is 0 Å². The minimum absolute atomic E-state index is 0.0221. The second-order valence-corrected chi connectivity index (χ2v) is 8.22. The van der Waals surface area contributed by atoms with Crippen LogP contribution in [-0.4, -0.2) is 35.7 Å². The molecule has 160 valence electrons. The summed E-state index contributed by atoms with van der Waals surface area (Å²) in [7, 11) is 1.47. The van der Waals surface area contributed by atoms with Crippen molar-refractivity contribution in [2.75, 3.05) is 13.7 Å². The molecule has 5 nitrogen and oxygen atoms in total. The first-order chi connectivity index (χ1) is 14.5. The summed E-state index contributed by atoms with van der Waals surface area (Å²) in [5.41, 5.74) is 6.64. The molecule has 0 saturated carbocycles. The summed E-state index contributed by atoms with van der Waals surface area (Å²) in [6.45, 7) is 2.26. The van der Waals surface area contributed by atoms with Crippen molar-refractivity contribution in [2.45, 2.75) is 37.2 Å². The molecule has 1 amide bonds. The highest BCUT2D eigenvalue weighted by Gasteiger charge is 2.49. The average molecular weight is 434 g/mol. The predicted octanol–water partition coefficient (Wildman–Crippen LogP) is 4.22. The third-order valence-electron chi connectivity index (χ3n) is 5.04. The Bertz CT molecular complexity index is 922. The first-order valence-electron chi connectivity index (χ1n) is 9.82. The van der Waals surface area contributed by atoms with Crippen molar-refractivity contribution in [3.63, 3.8) is 0 Å². The fourth-order valence-corrected chi connectivity index (χ4v) is 4.92. The Morgan fingerprint density at radius 2 is 2.00 bits per heavy atom. The number of nitrogens with zero attached hydrogens (tertiary/aromatic N) is 2. The van der Waals surface area contributed by atoms with Gasteiger partial charge in [-0.2, -0.15) is 5.10 Å². The summed E-state index contributed by atoms with van der Waals surface area (Å²) in [5.74, 6) is -1.51. The smallest absolute Gasteiger partial charge is 0.273 e. The van der Waals surface area contributed by atoms with Gasteiger partial charge in [0.05, 0.1) is 0 Å². The van der Waals surface area contributed by atoms with E-state index in [1.165, 1.54) is 23.9 Å². The number of ether oxygens (including phenoxy) is 1. The van der Waals surface area contributed by atoms with Gasteiger partial charge in [-0.25, -0.2) is 13.8 Å². The van der Waals surface area contributed by atoms with Crippen LogP contribution in [0, 0.1) is 11.6 Å². The Morgan fingerprint density at radius 3 is 2.63 bits per heavy atom. The van der Waals surface area contributed by atoms with Gasteiger partial charge in [-0.3, -0.25) is 4.79 Å². The molecule has 0 spiro atoms. The van der Waals surface area contributed by atoms with Crippen LogP contribution in [0.5, 0.6) is 0 Å². The minimum atomic E-state index is -0.933. The van der Waals surface area contributed by atoms with Gasteiger partial charge in [0, 0.05) is 12.7 Å². The zero-order valence-electron chi connectivity index (χ0n) is 17.0. The quantitative estimate of drug-likeness (QED) is 0.677. The van der Waals surface area contributed by atoms with Gasteiger partial charge in [0.1, 0.15) is 27.7 Å². The summed E-state index contributed by atoms with van der Waals surface area (Å²) in [6, 6.07) is 12.6. The maximum atomic E-state index is 14.5. The Balaban J connectivity index is 2.16. The van der Waals surface area contributed by atoms with Gasteiger partial charge in [0.15, 0.2) is 0 Å². The molecule has 0 unspecified atom stereocenters. The summed E-state index contributed by atoms with van der Waals surface area (Å²) >= 11 is 1.24.